The standard InChI is InChI=1S/C19H27N3O2/c23-17(22-13-4-5-14-22)9-12-20-18(24)21-15-19(10-6-11-19)16-7-2-1-3-8-16/h1-3,7-8H,4-6,9-15H2,(H2,20,21,24). The summed E-state index contributed by atoms with van der Waals surface area (Å²) in [6, 6.07) is 10.2. The Bertz CT molecular complexity index is 563. The molecule has 0 bridgehead atoms. The molecular formula is C19H27N3O2. The first kappa shape index (κ1) is 16.8. The number of hydrogen-bond donors (Lipinski definition) is 2. The van der Waals surface area contributed by atoms with Crippen molar-refractivity contribution in [2.24, 2.45) is 0 Å². The molecule has 2 fully saturated rings. The van der Waals surface area contributed by atoms with Crippen LogP contribution in [0, 0.1) is 0 Å². The van der Waals surface area contributed by atoms with E-state index in [-0.39, 0.29) is 17.4 Å². The largest absolute Gasteiger partial charge is 0.343 e. The number of nitrogens with one attached hydrogen (secondary N) is 2. The minimum Gasteiger partial charge on any atom is -0.343 e. The van der Waals surface area contributed by atoms with Crippen LogP contribution in [0.4, 0.5) is 4.79 Å². The molecule has 5 heteroatoms. The number of carbonyl (C=O) groups is 2. The molecule has 0 unspecified atom stereocenters. The molecule has 3 amide bonds. The van der Waals surface area contributed by atoms with Gasteiger partial charge in [0.05, 0.1) is 0 Å². The fraction of sp³-hybridized carbons (Fsp3) is 0.579. The van der Waals surface area contributed by atoms with Crippen molar-refractivity contribution in [3.63, 3.8) is 0 Å². The van der Waals surface area contributed by atoms with Gasteiger partial charge < -0.3 is 15.5 Å². The lowest BCUT2D eigenvalue weighted by atomic mass is 9.64. The quantitative estimate of drug-likeness (QED) is 0.842. The molecule has 1 aromatic carbocycles. The van der Waals surface area contributed by atoms with Crippen molar-refractivity contribution in [2.75, 3.05) is 26.2 Å². The number of hydrogen-bond acceptors (Lipinski definition) is 2. The van der Waals surface area contributed by atoms with E-state index in [4.69, 9.17) is 0 Å². The zero-order valence-electron chi connectivity index (χ0n) is 14.2. The predicted molar refractivity (Wildman–Crippen MR) is 93.8 cm³/mol. The number of rotatable bonds is 6. The van der Waals surface area contributed by atoms with E-state index in [1.54, 1.807) is 0 Å². The van der Waals surface area contributed by atoms with E-state index in [9.17, 15) is 9.59 Å². The maximum Gasteiger partial charge on any atom is 0.314 e. The SMILES string of the molecule is O=C(NCCC(=O)N1CCCC1)NCC1(c2ccccc2)CCC1. The topological polar surface area (TPSA) is 61.4 Å². The fourth-order valence-electron chi connectivity index (χ4n) is 3.68. The van der Waals surface area contributed by atoms with Crippen LogP contribution in [0.2, 0.25) is 0 Å². The molecule has 1 saturated carbocycles. The lowest BCUT2D eigenvalue weighted by molar-refractivity contribution is -0.129. The van der Waals surface area contributed by atoms with Crippen LogP contribution >= 0.6 is 0 Å². The third kappa shape index (κ3) is 3.89. The maximum absolute atomic E-state index is 12.0. The van der Waals surface area contributed by atoms with Gasteiger partial charge in [0.25, 0.3) is 0 Å². The van der Waals surface area contributed by atoms with Crippen molar-refractivity contribution in [2.45, 2.75) is 43.9 Å². The van der Waals surface area contributed by atoms with Gasteiger partial charge in [-0.05, 0) is 31.2 Å². The number of urea groups is 1. The summed E-state index contributed by atoms with van der Waals surface area (Å²) in [5.41, 5.74) is 1.39. The summed E-state index contributed by atoms with van der Waals surface area (Å²) in [7, 11) is 0. The van der Waals surface area contributed by atoms with Gasteiger partial charge in [0.2, 0.25) is 5.91 Å². The molecule has 1 aliphatic heterocycles. The van der Waals surface area contributed by atoms with Crippen LogP contribution in [0.1, 0.15) is 44.1 Å². The summed E-state index contributed by atoms with van der Waals surface area (Å²) >= 11 is 0. The highest BCUT2D eigenvalue weighted by molar-refractivity contribution is 5.78. The van der Waals surface area contributed by atoms with E-state index in [1.165, 1.54) is 12.0 Å². The molecule has 0 spiro atoms. The van der Waals surface area contributed by atoms with Crippen LogP contribution in [0.25, 0.3) is 0 Å². The Morgan fingerprint density at radius 3 is 2.33 bits per heavy atom. The molecular weight excluding hydrogens is 302 g/mol. The molecule has 24 heavy (non-hydrogen) atoms. The van der Waals surface area contributed by atoms with Gasteiger partial charge in [0.15, 0.2) is 0 Å². The number of nitrogens with zero attached hydrogens (tertiary/aromatic N) is 1. The van der Waals surface area contributed by atoms with Gasteiger partial charge in [0.1, 0.15) is 0 Å². The van der Waals surface area contributed by atoms with E-state index >= 15 is 0 Å². The van der Waals surface area contributed by atoms with Crippen molar-refractivity contribution in [3.8, 4) is 0 Å². The second kappa shape index (κ2) is 7.69. The zero-order valence-corrected chi connectivity index (χ0v) is 14.2. The molecule has 5 nitrogen and oxygen atoms in total. The van der Waals surface area contributed by atoms with Crippen LogP contribution in [0.15, 0.2) is 30.3 Å². The van der Waals surface area contributed by atoms with Gasteiger partial charge in [-0.2, -0.15) is 0 Å². The number of benzene rings is 1. The van der Waals surface area contributed by atoms with E-state index in [0.29, 0.717) is 19.5 Å². The van der Waals surface area contributed by atoms with Crippen LogP contribution in [-0.4, -0.2) is 43.0 Å². The van der Waals surface area contributed by atoms with Crippen LogP contribution < -0.4 is 10.6 Å². The molecule has 1 heterocycles. The average molecular weight is 329 g/mol. The number of likely N-dealkylation sites (tertiary alicyclic amines) is 1. The van der Waals surface area contributed by atoms with Gasteiger partial charge >= 0.3 is 6.03 Å². The highest BCUT2D eigenvalue weighted by Gasteiger charge is 2.38. The van der Waals surface area contributed by atoms with Gasteiger partial charge in [-0.3, -0.25) is 4.79 Å². The molecule has 1 saturated heterocycles. The number of amides is 3. The number of carbonyl (C=O) groups excluding carboxylic acids is 2. The first-order valence-electron chi connectivity index (χ1n) is 9.05. The minimum absolute atomic E-state index is 0.0873. The molecule has 1 aromatic rings. The highest BCUT2D eigenvalue weighted by Crippen LogP contribution is 2.43. The van der Waals surface area contributed by atoms with Gasteiger partial charge in [-0.1, -0.05) is 36.8 Å². The highest BCUT2D eigenvalue weighted by atomic mass is 16.2. The Kier molecular flexibility index (Phi) is 5.38. The maximum atomic E-state index is 12.0. The third-order valence-electron chi connectivity index (χ3n) is 5.37. The van der Waals surface area contributed by atoms with Gasteiger partial charge in [0, 0.05) is 38.0 Å². The smallest absolute Gasteiger partial charge is 0.314 e. The predicted octanol–water partition coefficient (Wildman–Crippen LogP) is 2.42. The van der Waals surface area contributed by atoms with E-state index < -0.39 is 0 Å². The third-order valence-corrected chi connectivity index (χ3v) is 5.37. The second-order valence-electron chi connectivity index (χ2n) is 6.95. The Labute approximate surface area is 143 Å². The van der Waals surface area contributed by atoms with Crippen LogP contribution in [0.5, 0.6) is 0 Å². The molecule has 2 aliphatic rings. The summed E-state index contributed by atoms with van der Waals surface area (Å²) in [4.78, 5) is 25.8. The Morgan fingerprint density at radius 1 is 1.00 bits per heavy atom. The fourth-order valence-corrected chi connectivity index (χ4v) is 3.68. The lowest BCUT2D eigenvalue weighted by Crippen LogP contribution is -2.48. The van der Waals surface area contributed by atoms with E-state index in [0.717, 1.165) is 38.8 Å². The molecule has 130 valence electrons. The second-order valence-corrected chi connectivity index (χ2v) is 6.95. The van der Waals surface area contributed by atoms with Crippen molar-refractivity contribution in [1.82, 2.24) is 15.5 Å². The van der Waals surface area contributed by atoms with E-state index in [2.05, 4.69) is 34.9 Å². The lowest BCUT2D eigenvalue weighted by Gasteiger charge is -2.42. The summed E-state index contributed by atoms with van der Waals surface area (Å²) in [6.07, 6.45) is 6.03. The first-order chi connectivity index (χ1) is 11.7. The van der Waals surface area contributed by atoms with Crippen molar-refractivity contribution < 1.29 is 9.59 Å². The summed E-state index contributed by atoms with van der Waals surface area (Å²) < 4.78 is 0. The summed E-state index contributed by atoms with van der Waals surface area (Å²) in [5.74, 6) is 0.146. The monoisotopic (exact) mass is 329 g/mol. The summed E-state index contributed by atoms with van der Waals surface area (Å²) in [6.45, 7) is 2.79. The Balaban J connectivity index is 1.40. The molecule has 2 N–H and O–H groups in total. The summed E-state index contributed by atoms with van der Waals surface area (Å²) in [5, 5.41) is 5.80. The van der Waals surface area contributed by atoms with Crippen molar-refractivity contribution in [3.05, 3.63) is 35.9 Å². The van der Waals surface area contributed by atoms with E-state index in [1.807, 2.05) is 11.0 Å². The molecule has 0 radical (unpaired) electrons. The molecule has 0 atom stereocenters. The minimum atomic E-state index is -0.175. The first-order valence-corrected chi connectivity index (χ1v) is 9.05. The van der Waals surface area contributed by atoms with Crippen LogP contribution in [-0.2, 0) is 10.2 Å². The molecule has 1 aliphatic carbocycles. The Morgan fingerprint density at radius 2 is 1.71 bits per heavy atom. The van der Waals surface area contributed by atoms with Crippen molar-refractivity contribution >= 4 is 11.9 Å². The average Bonchev–Trinajstić information content (AvgIpc) is 3.09. The van der Waals surface area contributed by atoms with Crippen molar-refractivity contribution in [1.29, 1.82) is 0 Å². The van der Waals surface area contributed by atoms with Gasteiger partial charge in [-0.25, -0.2) is 4.79 Å². The van der Waals surface area contributed by atoms with Gasteiger partial charge in [-0.15, -0.1) is 0 Å². The normalized spacial score (nSPS) is 18.8. The van der Waals surface area contributed by atoms with Crippen LogP contribution in [0.3, 0.4) is 0 Å². The zero-order chi connectivity index (χ0) is 16.8. The molecule has 0 aromatic heterocycles. The molecule has 3 rings (SSSR count). The Hall–Kier alpha value is -2.04.